The Kier molecular flexibility index (Phi) is 6.38. The fraction of sp³-hybridized carbons (Fsp3) is 0.533. The molecule has 0 fully saturated rings. The van der Waals surface area contributed by atoms with Gasteiger partial charge < -0.3 is 4.74 Å². The van der Waals surface area contributed by atoms with Crippen molar-refractivity contribution in [3.05, 3.63) is 29.8 Å². The molecule has 0 unspecified atom stereocenters. The van der Waals surface area contributed by atoms with Crippen molar-refractivity contribution in [3.63, 3.8) is 0 Å². The van der Waals surface area contributed by atoms with Gasteiger partial charge in [-0.3, -0.25) is 4.99 Å². The third-order valence-corrected chi connectivity index (χ3v) is 2.72. The number of ether oxygens (including phenoxy) is 1. The summed E-state index contributed by atoms with van der Waals surface area (Å²) in [4.78, 5) is 4.70. The second-order valence-corrected chi connectivity index (χ2v) is 4.23. The summed E-state index contributed by atoms with van der Waals surface area (Å²) in [6.45, 7) is 5.20. The highest BCUT2D eigenvalue weighted by Crippen LogP contribution is 2.12. The minimum Gasteiger partial charge on any atom is -0.497 e. The van der Waals surface area contributed by atoms with E-state index in [2.05, 4.69) is 26.0 Å². The predicted octanol–water partition coefficient (Wildman–Crippen LogP) is 4.24. The first-order valence-electron chi connectivity index (χ1n) is 6.45. The average Bonchev–Trinajstić information content (AvgIpc) is 2.37. The lowest BCUT2D eigenvalue weighted by Crippen LogP contribution is -1.98. The molecule has 0 radical (unpaired) electrons. The number of hydrogen-bond acceptors (Lipinski definition) is 2. The summed E-state index contributed by atoms with van der Waals surface area (Å²) in [5, 5.41) is 0. The Labute approximate surface area is 105 Å². The third-order valence-electron chi connectivity index (χ3n) is 2.72. The Hall–Kier alpha value is -1.31. The number of methoxy groups -OCH3 is 1. The van der Waals surface area contributed by atoms with E-state index in [1.165, 1.54) is 24.1 Å². The lowest BCUT2D eigenvalue weighted by atomic mass is 10.1. The molecule has 0 bridgehead atoms. The molecule has 1 aromatic rings. The lowest BCUT2D eigenvalue weighted by molar-refractivity contribution is 0.414. The topological polar surface area (TPSA) is 21.6 Å². The minimum absolute atomic E-state index is 0.791. The maximum Gasteiger partial charge on any atom is 0.118 e. The summed E-state index contributed by atoms with van der Waals surface area (Å²) in [5.74, 6) is 0.903. The van der Waals surface area contributed by atoms with Gasteiger partial charge in [-0.15, -0.1) is 0 Å². The van der Waals surface area contributed by atoms with Gasteiger partial charge in [0.25, 0.3) is 0 Å². The van der Waals surface area contributed by atoms with Crippen LogP contribution in [0.4, 0.5) is 0 Å². The maximum absolute atomic E-state index is 5.14. The highest BCUT2D eigenvalue weighted by atomic mass is 16.5. The molecule has 0 spiro atoms. The molecule has 0 heterocycles. The molecule has 0 saturated carbocycles. The Bertz CT molecular complexity index is 332. The second kappa shape index (κ2) is 7.88. The van der Waals surface area contributed by atoms with Gasteiger partial charge in [-0.05, 0) is 30.5 Å². The second-order valence-electron chi connectivity index (χ2n) is 4.23. The first kappa shape index (κ1) is 13.8. The van der Waals surface area contributed by atoms with E-state index < -0.39 is 0 Å². The zero-order valence-electron chi connectivity index (χ0n) is 11.2. The van der Waals surface area contributed by atoms with E-state index in [1.54, 1.807) is 7.11 Å². The summed E-state index contributed by atoms with van der Waals surface area (Å²) in [7, 11) is 1.69. The summed E-state index contributed by atoms with van der Waals surface area (Å²) in [6.07, 6.45) is 4.62. The highest BCUT2D eigenvalue weighted by Gasteiger charge is 1.98. The van der Waals surface area contributed by atoms with Crippen LogP contribution >= 0.6 is 0 Å². The van der Waals surface area contributed by atoms with Crippen LogP contribution in [-0.4, -0.2) is 12.8 Å². The molecule has 0 aliphatic rings. The maximum atomic E-state index is 5.14. The van der Waals surface area contributed by atoms with Crippen molar-refractivity contribution in [1.82, 2.24) is 0 Å². The number of aliphatic imine (C=N–C) groups is 1. The van der Waals surface area contributed by atoms with E-state index in [0.717, 1.165) is 25.1 Å². The zero-order valence-corrected chi connectivity index (χ0v) is 11.2. The van der Waals surface area contributed by atoms with E-state index >= 15 is 0 Å². The molecular weight excluding hydrogens is 210 g/mol. The van der Waals surface area contributed by atoms with Crippen LogP contribution in [0.2, 0.25) is 0 Å². The van der Waals surface area contributed by atoms with Gasteiger partial charge in [0.05, 0.1) is 13.7 Å². The molecule has 17 heavy (non-hydrogen) atoms. The quantitative estimate of drug-likeness (QED) is 0.646. The van der Waals surface area contributed by atoms with Crippen LogP contribution in [0.3, 0.4) is 0 Å². The molecule has 0 amide bonds. The summed E-state index contributed by atoms with van der Waals surface area (Å²) in [6, 6.07) is 8.14. The van der Waals surface area contributed by atoms with Crippen molar-refractivity contribution in [3.8, 4) is 5.75 Å². The smallest absolute Gasteiger partial charge is 0.118 e. The van der Waals surface area contributed by atoms with E-state index in [9.17, 15) is 0 Å². The van der Waals surface area contributed by atoms with Gasteiger partial charge in [-0.25, -0.2) is 0 Å². The molecule has 1 rings (SSSR count). The number of nitrogens with zero attached hydrogens (tertiary/aromatic N) is 1. The largest absolute Gasteiger partial charge is 0.497 e. The van der Waals surface area contributed by atoms with Crippen LogP contribution < -0.4 is 4.74 Å². The van der Waals surface area contributed by atoms with Gasteiger partial charge in [0, 0.05) is 5.71 Å². The van der Waals surface area contributed by atoms with Gasteiger partial charge in [0.2, 0.25) is 0 Å². The summed E-state index contributed by atoms with van der Waals surface area (Å²) in [5.41, 5.74) is 2.60. The molecule has 0 aliphatic heterocycles. The van der Waals surface area contributed by atoms with Crippen molar-refractivity contribution >= 4 is 5.71 Å². The van der Waals surface area contributed by atoms with Crippen LogP contribution in [0.1, 0.15) is 45.1 Å². The van der Waals surface area contributed by atoms with Crippen LogP contribution in [0, 0.1) is 0 Å². The van der Waals surface area contributed by atoms with E-state index in [4.69, 9.17) is 9.73 Å². The fourth-order valence-electron chi connectivity index (χ4n) is 1.79. The first-order valence-corrected chi connectivity index (χ1v) is 6.45. The average molecular weight is 233 g/mol. The van der Waals surface area contributed by atoms with Gasteiger partial charge in [0.15, 0.2) is 0 Å². The highest BCUT2D eigenvalue weighted by molar-refractivity contribution is 5.84. The molecule has 0 saturated heterocycles. The zero-order chi connectivity index (χ0) is 12.5. The Morgan fingerprint density at radius 3 is 2.12 bits per heavy atom. The molecule has 2 heteroatoms. The van der Waals surface area contributed by atoms with Gasteiger partial charge in [0.1, 0.15) is 5.75 Å². The Morgan fingerprint density at radius 2 is 1.65 bits per heavy atom. The van der Waals surface area contributed by atoms with Gasteiger partial charge in [-0.2, -0.15) is 0 Å². The summed E-state index contributed by atoms with van der Waals surface area (Å²) < 4.78 is 5.14. The van der Waals surface area contributed by atoms with E-state index in [-0.39, 0.29) is 0 Å². The number of rotatable bonds is 7. The van der Waals surface area contributed by atoms with Crippen molar-refractivity contribution < 1.29 is 4.74 Å². The molecule has 0 aromatic heterocycles. The first-order chi connectivity index (χ1) is 8.30. The molecule has 0 aliphatic carbocycles. The molecule has 94 valence electrons. The molecule has 0 N–H and O–H groups in total. The number of benzene rings is 1. The molecule has 0 atom stereocenters. The Morgan fingerprint density at radius 1 is 1.06 bits per heavy atom. The lowest BCUT2D eigenvalue weighted by Gasteiger charge is -2.05. The van der Waals surface area contributed by atoms with Crippen molar-refractivity contribution in [1.29, 1.82) is 0 Å². The van der Waals surface area contributed by atoms with Crippen LogP contribution in [0.5, 0.6) is 5.75 Å². The van der Waals surface area contributed by atoms with E-state index in [0.29, 0.717) is 0 Å². The normalized spacial score (nSPS) is 10.1. The number of hydrogen-bond donors (Lipinski definition) is 0. The molecule has 2 nitrogen and oxygen atoms in total. The van der Waals surface area contributed by atoms with E-state index in [1.807, 2.05) is 12.1 Å². The standard InChI is InChI=1S/C15H23NO/c1-4-6-14(7-5-2)16-12-13-8-10-15(17-3)11-9-13/h8-11H,4-7,12H2,1-3H3. The molecule has 1 aromatic carbocycles. The van der Waals surface area contributed by atoms with Crippen molar-refractivity contribution in [2.75, 3.05) is 7.11 Å². The van der Waals surface area contributed by atoms with Crippen molar-refractivity contribution in [2.45, 2.75) is 46.1 Å². The molecular formula is C15H23NO. The fourth-order valence-corrected chi connectivity index (χ4v) is 1.79. The summed E-state index contributed by atoms with van der Waals surface area (Å²) >= 11 is 0. The van der Waals surface area contributed by atoms with Gasteiger partial charge in [-0.1, -0.05) is 38.8 Å². The van der Waals surface area contributed by atoms with Crippen LogP contribution in [-0.2, 0) is 6.54 Å². The van der Waals surface area contributed by atoms with Crippen LogP contribution in [0.25, 0.3) is 0 Å². The minimum atomic E-state index is 0.791. The Balaban J connectivity index is 2.58. The SMILES string of the molecule is CCCC(CCC)=NCc1ccc(OC)cc1. The van der Waals surface area contributed by atoms with Crippen LogP contribution in [0.15, 0.2) is 29.3 Å². The van der Waals surface area contributed by atoms with Crippen molar-refractivity contribution in [2.24, 2.45) is 4.99 Å². The predicted molar refractivity (Wildman–Crippen MR) is 73.9 cm³/mol. The monoisotopic (exact) mass is 233 g/mol. The third kappa shape index (κ3) is 5.03. The van der Waals surface area contributed by atoms with Gasteiger partial charge >= 0.3 is 0 Å².